The zero-order chi connectivity index (χ0) is 17.8. The molecule has 0 bridgehead atoms. The molecule has 132 valence electrons. The summed E-state index contributed by atoms with van der Waals surface area (Å²) in [5.41, 5.74) is 8.72. The van der Waals surface area contributed by atoms with E-state index < -0.39 is 5.82 Å². The third-order valence-electron chi connectivity index (χ3n) is 4.42. The number of halogens is 1. The van der Waals surface area contributed by atoms with Crippen LogP contribution in [0.15, 0.2) is 36.4 Å². The standard InChI is InChI=1S/C19H22FN3O2/c1-25-16-4-2-13-6-8-23(12-14(13)10-16)9-7-19(24)22-18-11-15(21)3-5-17(18)20/h2-5,10-11H,6-9,12,21H2,1H3,(H,22,24). The van der Waals surface area contributed by atoms with Gasteiger partial charge in [-0.2, -0.15) is 0 Å². The average molecular weight is 343 g/mol. The van der Waals surface area contributed by atoms with Gasteiger partial charge in [0.25, 0.3) is 0 Å². The summed E-state index contributed by atoms with van der Waals surface area (Å²) in [5.74, 6) is 0.137. The number of ether oxygens (including phenoxy) is 1. The Hall–Kier alpha value is -2.60. The van der Waals surface area contributed by atoms with Gasteiger partial charge < -0.3 is 15.8 Å². The first kappa shape index (κ1) is 17.2. The second-order valence-corrected chi connectivity index (χ2v) is 6.20. The molecule has 0 atom stereocenters. The molecule has 5 nitrogen and oxygen atoms in total. The fourth-order valence-electron chi connectivity index (χ4n) is 3.02. The van der Waals surface area contributed by atoms with Crippen molar-refractivity contribution >= 4 is 17.3 Å². The highest BCUT2D eigenvalue weighted by Crippen LogP contribution is 2.24. The summed E-state index contributed by atoms with van der Waals surface area (Å²) in [6.07, 6.45) is 1.25. The topological polar surface area (TPSA) is 67.6 Å². The normalized spacial score (nSPS) is 14.0. The number of fused-ring (bicyclic) bond motifs is 1. The fraction of sp³-hybridized carbons (Fsp3) is 0.316. The van der Waals surface area contributed by atoms with Gasteiger partial charge in [-0.1, -0.05) is 6.07 Å². The van der Waals surface area contributed by atoms with Crippen molar-refractivity contribution in [3.05, 3.63) is 53.3 Å². The van der Waals surface area contributed by atoms with Crippen molar-refractivity contribution in [3.8, 4) is 5.75 Å². The van der Waals surface area contributed by atoms with E-state index in [1.807, 2.05) is 12.1 Å². The van der Waals surface area contributed by atoms with Crippen LogP contribution >= 0.6 is 0 Å². The molecule has 2 aromatic rings. The minimum absolute atomic E-state index is 0.124. The van der Waals surface area contributed by atoms with E-state index in [0.717, 1.165) is 25.3 Å². The third-order valence-corrected chi connectivity index (χ3v) is 4.42. The van der Waals surface area contributed by atoms with Crippen molar-refractivity contribution in [1.29, 1.82) is 0 Å². The van der Waals surface area contributed by atoms with Gasteiger partial charge in [-0.05, 0) is 47.9 Å². The SMILES string of the molecule is COc1ccc2c(c1)CN(CCC(=O)Nc1cc(N)ccc1F)CC2. The molecule has 0 spiro atoms. The number of benzene rings is 2. The molecule has 0 fully saturated rings. The molecule has 25 heavy (non-hydrogen) atoms. The first-order valence-corrected chi connectivity index (χ1v) is 8.28. The van der Waals surface area contributed by atoms with E-state index in [0.29, 0.717) is 18.7 Å². The van der Waals surface area contributed by atoms with Crippen LogP contribution in [0, 0.1) is 5.82 Å². The number of hydrogen-bond acceptors (Lipinski definition) is 4. The molecule has 2 aromatic carbocycles. The summed E-state index contributed by atoms with van der Waals surface area (Å²) in [4.78, 5) is 14.3. The van der Waals surface area contributed by atoms with Crippen LogP contribution in [0.2, 0.25) is 0 Å². The molecule has 3 N–H and O–H groups in total. The van der Waals surface area contributed by atoms with E-state index in [4.69, 9.17) is 10.5 Å². The predicted octanol–water partition coefficient (Wildman–Crippen LogP) is 2.80. The largest absolute Gasteiger partial charge is 0.497 e. The molecule has 0 radical (unpaired) electrons. The lowest BCUT2D eigenvalue weighted by molar-refractivity contribution is -0.116. The molecule has 3 rings (SSSR count). The van der Waals surface area contributed by atoms with Gasteiger partial charge in [-0.15, -0.1) is 0 Å². The highest BCUT2D eigenvalue weighted by atomic mass is 19.1. The summed E-state index contributed by atoms with van der Waals surface area (Å²) in [6, 6.07) is 10.3. The fourth-order valence-corrected chi connectivity index (χ4v) is 3.02. The summed E-state index contributed by atoms with van der Waals surface area (Å²) in [5, 5.41) is 2.59. The van der Waals surface area contributed by atoms with Crippen molar-refractivity contribution < 1.29 is 13.9 Å². The maximum atomic E-state index is 13.7. The maximum Gasteiger partial charge on any atom is 0.225 e. The average Bonchev–Trinajstić information content (AvgIpc) is 2.62. The lowest BCUT2D eigenvalue weighted by atomic mass is 9.99. The van der Waals surface area contributed by atoms with Crippen LogP contribution in [0.4, 0.5) is 15.8 Å². The van der Waals surface area contributed by atoms with Gasteiger partial charge in [0.05, 0.1) is 12.8 Å². The van der Waals surface area contributed by atoms with Crippen molar-refractivity contribution in [2.75, 3.05) is 31.2 Å². The third kappa shape index (κ3) is 4.28. The number of carbonyl (C=O) groups is 1. The minimum Gasteiger partial charge on any atom is -0.497 e. The van der Waals surface area contributed by atoms with E-state index in [2.05, 4.69) is 16.3 Å². The summed E-state index contributed by atoms with van der Waals surface area (Å²) in [6.45, 7) is 2.30. The number of rotatable bonds is 5. The van der Waals surface area contributed by atoms with E-state index in [1.165, 1.54) is 29.3 Å². The lowest BCUT2D eigenvalue weighted by Gasteiger charge is -2.28. The zero-order valence-electron chi connectivity index (χ0n) is 14.2. The molecule has 0 saturated carbocycles. The Labute approximate surface area is 146 Å². The Bertz CT molecular complexity index is 779. The first-order valence-electron chi connectivity index (χ1n) is 8.28. The lowest BCUT2D eigenvalue weighted by Crippen LogP contribution is -2.33. The quantitative estimate of drug-likeness (QED) is 0.819. The number of hydrogen-bond donors (Lipinski definition) is 2. The van der Waals surface area contributed by atoms with Gasteiger partial charge in [0.15, 0.2) is 0 Å². The van der Waals surface area contributed by atoms with Crippen LogP contribution in [0.25, 0.3) is 0 Å². The number of anilines is 2. The summed E-state index contributed by atoms with van der Waals surface area (Å²) in [7, 11) is 1.65. The van der Waals surface area contributed by atoms with Crippen molar-refractivity contribution in [2.45, 2.75) is 19.4 Å². The van der Waals surface area contributed by atoms with Gasteiger partial charge in [-0.25, -0.2) is 4.39 Å². The van der Waals surface area contributed by atoms with Crippen LogP contribution in [0.5, 0.6) is 5.75 Å². The van der Waals surface area contributed by atoms with E-state index >= 15 is 0 Å². The minimum atomic E-state index is -0.485. The Balaban J connectivity index is 1.55. The van der Waals surface area contributed by atoms with Crippen LogP contribution in [-0.4, -0.2) is 31.0 Å². The number of carbonyl (C=O) groups excluding carboxylic acids is 1. The van der Waals surface area contributed by atoms with Crippen LogP contribution in [0.3, 0.4) is 0 Å². The van der Waals surface area contributed by atoms with E-state index in [9.17, 15) is 9.18 Å². The van der Waals surface area contributed by atoms with Crippen LogP contribution in [-0.2, 0) is 17.8 Å². The second kappa shape index (κ2) is 7.53. The molecular weight excluding hydrogens is 321 g/mol. The van der Waals surface area contributed by atoms with Crippen LogP contribution < -0.4 is 15.8 Å². The highest BCUT2D eigenvalue weighted by molar-refractivity contribution is 5.91. The summed E-state index contributed by atoms with van der Waals surface area (Å²) < 4.78 is 18.9. The molecule has 0 aliphatic carbocycles. The molecule has 0 unspecified atom stereocenters. The molecule has 0 saturated heterocycles. The monoisotopic (exact) mass is 343 g/mol. The van der Waals surface area contributed by atoms with Crippen molar-refractivity contribution in [2.24, 2.45) is 0 Å². The molecule has 6 heteroatoms. The number of amides is 1. The predicted molar refractivity (Wildman–Crippen MR) is 96.0 cm³/mol. The Morgan fingerprint density at radius 2 is 2.12 bits per heavy atom. The molecule has 1 heterocycles. The zero-order valence-corrected chi connectivity index (χ0v) is 14.2. The Kier molecular flexibility index (Phi) is 5.19. The number of nitrogens with two attached hydrogens (primary N) is 1. The van der Waals surface area contributed by atoms with Crippen LogP contribution in [0.1, 0.15) is 17.5 Å². The highest BCUT2D eigenvalue weighted by Gasteiger charge is 2.18. The smallest absolute Gasteiger partial charge is 0.225 e. The number of nitrogens with zero attached hydrogens (tertiary/aromatic N) is 1. The van der Waals surface area contributed by atoms with E-state index in [-0.39, 0.29) is 11.6 Å². The molecule has 1 amide bonds. The molecule has 1 aliphatic heterocycles. The van der Waals surface area contributed by atoms with Gasteiger partial charge >= 0.3 is 0 Å². The second-order valence-electron chi connectivity index (χ2n) is 6.20. The summed E-state index contributed by atoms with van der Waals surface area (Å²) >= 11 is 0. The Morgan fingerprint density at radius 3 is 2.92 bits per heavy atom. The first-order chi connectivity index (χ1) is 12.0. The Morgan fingerprint density at radius 1 is 1.28 bits per heavy atom. The number of nitrogens with one attached hydrogen (secondary N) is 1. The van der Waals surface area contributed by atoms with Crippen molar-refractivity contribution in [1.82, 2.24) is 4.90 Å². The molecular formula is C19H22FN3O2. The van der Waals surface area contributed by atoms with Gasteiger partial charge in [0, 0.05) is 31.7 Å². The molecule has 0 aromatic heterocycles. The maximum absolute atomic E-state index is 13.7. The van der Waals surface area contributed by atoms with Gasteiger partial charge in [-0.3, -0.25) is 9.69 Å². The van der Waals surface area contributed by atoms with Gasteiger partial charge in [0.2, 0.25) is 5.91 Å². The molecule has 1 aliphatic rings. The van der Waals surface area contributed by atoms with Crippen molar-refractivity contribution in [3.63, 3.8) is 0 Å². The van der Waals surface area contributed by atoms with E-state index in [1.54, 1.807) is 7.11 Å². The van der Waals surface area contributed by atoms with Gasteiger partial charge in [0.1, 0.15) is 11.6 Å². The number of methoxy groups -OCH3 is 1. The number of nitrogen functional groups attached to an aromatic ring is 1.